The first-order valence-corrected chi connectivity index (χ1v) is 10.2. The molecule has 0 unspecified atom stereocenters. The van der Waals surface area contributed by atoms with Crippen molar-refractivity contribution in [2.45, 2.75) is 45.4 Å². The second-order valence-electron chi connectivity index (χ2n) is 6.21. The molecular formula is C19H27N3O4S. The van der Waals surface area contributed by atoms with Gasteiger partial charge in [-0.2, -0.15) is 0 Å². The first-order chi connectivity index (χ1) is 13.2. The predicted molar refractivity (Wildman–Crippen MR) is 109 cm³/mol. The van der Waals surface area contributed by atoms with Crippen LogP contribution in [0.15, 0.2) is 29.1 Å². The number of carbonyl (C=O) groups is 1. The van der Waals surface area contributed by atoms with Crippen LogP contribution in [0.5, 0.6) is 5.88 Å². The zero-order valence-corrected chi connectivity index (χ0v) is 16.4. The molecule has 8 heteroatoms. The van der Waals surface area contributed by atoms with Crippen LogP contribution in [0.1, 0.15) is 55.8 Å². The summed E-state index contributed by atoms with van der Waals surface area (Å²) >= 11 is 1.47. The number of unbranched alkanes of at least 4 members (excludes halogenated alkanes) is 5. The number of hydrogen-bond donors (Lipinski definition) is 3. The summed E-state index contributed by atoms with van der Waals surface area (Å²) in [6.07, 6.45) is 7.98. The van der Waals surface area contributed by atoms with E-state index in [1.165, 1.54) is 55.2 Å². The third kappa shape index (κ3) is 6.48. The number of anilines is 1. The molecule has 0 amide bonds. The molecule has 0 spiro atoms. The van der Waals surface area contributed by atoms with Crippen molar-refractivity contribution in [1.82, 2.24) is 9.78 Å². The van der Waals surface area contributed by atoms with Gasteiger partial charge in [-0.05, 0) is 42.7 Å². The highest BCUT2D eigenvalue weighted by atomic mass is 32.2. The largest absolute Gasteiger partial charge is 0.493 e. The first kappa shape index (κ1) is 21.1. The summed E-state index contributed by atoms with van der Waals surface area (Å²) in [7, 11) is 0. The van der Waals surface area contributed by atoms with E-state index < -0.39 is 11.4 Å². The Morgan fingerprint density at radius 2 is 1.89 bits per heavy atom. The SMILES string of the molecule is CCCCCCCCSOCNc1ccc(-n2[nH]c(=O)c(C=O)c2O)cc1. The fourth-order valence-electron chi connectivity index (χ4n) is 2.61. The van der Waals surface area contributed by atoms with Gasteiger partial charge in [0, 0.05) is 11.4 Å². The molecule has 0 radical (unpaired) electrons. The van der Waals surface area contributed by atoms with E-state index in [9.17, 15) is 14.7 Å². The van der Waals surface area contributed by atoms with E-state index in [1.54, 1.807) is 24.3 Å². The topological polar surface area (TPSA) is 96.4 Å². The van der Waals surface area contributed by atoms with Crippen molar-refractivity contribution in [2.75, 3.05) is 17.8 Å². The average molecular weight is 394 g/mol. The number of aromatic hydroxyl groups is 1. The number of nitrogens with one attached hydrogen (secondary N) is 2. The number of aromatic nitrogens is 2. The Hall–Kier alpha value is -2.19. The van der Waals surface area contributed by atoms with Gasteiger partial charge in [0.2, 0.25) is 5.88 Å². The molecule has 2 rings (SSSR count). The normalized spacial score (nSPS) is 10.9. The van der Waals surface area contributed by atoms with Crippen LogP contribution < -0.4 is 10.9 Å². The summed E-state index contributed by atoms with van der Waals surface area (Å²) in [6, 6.07) is 7.04. The molecule has 27 heavy (non-hydrogen) atoms. The van der Waals surface area contributed by atoms with Gasteiger partial charge in [-0.15, -0.1) is 0 Å². The van der Waals surface area contributed by atoms with Crippen molar-refractivity contribution in [1.29, 1.82) is 0 Å². The van der Waals surface area contributed by atoms with Crippen LogP contribution in [0.25, 0.3) is 5.69 Å². The third-order valence-electron chi connectivity index (χ3n) is 4.15. The standard InChI is InChI=1S/C19H27N3O4S/c1-2-3-4-5-6-7-12-27-26-14-20-15-8-10-16(11-9-15)22-19(25)17(13-23)18(24)21-22/h8-11,13,20,25H,2-7,12,14H2,1H3,(H,21,24). The molecule has 0 aliphatic rings. The molecule has 0 saturated carbocycles. The molecule has 0 fully saturated rings. The van der Waals surface area contributed by atoms with E-state index in [0.717, 1.165) is 11.4 Å². The van der Waals surface area contributed by atoms with Gasteiger partial charge in [0.25, 0.3) is 5.56 Å². The summed E-state index contributed by atoms with van der Waals surface area (Å²) in [5.41, 5.74) is 0.485. The van der Waals surface area contributed by atoms with Gasteiger partial charge >= 0.3 is 0 Å². The van der Waals surface area contributed by atoms with E-state index in [2.05, 4.69) is 17.3 Å². The summed E-state index contributed by atoms with van der Waals surface area (Å²) in [5.74, 6) is 0.594. The zero-order chi connectivity index (χ0) is 19.5. The molecule has 148 valence electrons. The predicted octanol–water partition coefficient (Wildman–Crippen LogP) is 4.08. The molecule has 2 aromatic rings. The number of rotatable bonds is 13. The van der Waals surface area contributed by atoms with Crippen molar-refractivity contribution >= 4 is 24.0 Å². The van der Waals surface area contributed by atoms with E-state index in [0.29, 0.717) is 18.7 Å². The van der Waals surface area contributed by atoms with Crippen LogP contribution >= 0.6 is 12.0 Å². The maximum absolute atomic E-state index is 11.5. The second kappa shape index (κ2) is 11.5. The third-order valence-corrected chi connectivity index (χ3v) is 4.89. The fourth-order valence-corrected chi connectivity index (χ4v) is 3.19. The zero-order valence-electron chi connectivity index (χ0n) is 15.6. The Labute approximate surface area is 163 Å². The van der Waals surface area contributed by atoms with E-state index >= 15 is 0 Å². The van der Waals surface area contributed by atoms with Crippen molar-refractivity contribution in [3.63, 3.8) is 0 Å². The van der Waals surface area contributed by atoms with Crippen molar-refractivity contribution < 1.29 is 14.1 Å². The summed E-state index contributed by atoms with van der Waals surface area (Å²) in [4.78, 5) is 22.3. The summed E-state index contributed by atoms with van der Waals surface area (Å²) in [5, 5.41) is 15.5. The Kier molecular flexibility index (Phi) is 9.00. The number of benzene rings is 1. The molecule has 1 heterocycles. The lowest BCUT2D eigenvalue weighted by molar-refractivity contribution is 0.112. The van der Waals surface area contributed by atoms with Crippen LogP contribution in [0.3, 0.4) is 0 Å². The van der Waals surface area contributed by atoms with Gasteiger partial charge in [-0.25, -0.2) is 4.68 Å². The quantitative estimate of drug-likeness (QED) is 0.205. The van der Waals surface area contributed by atoms with Crippen LogP contribution in [0.4, 0.5) is 5.69 Å². The smallest absolute Gasteiger partial charge is 0.279 e. The van der Waals surface area contributed by atoms with E-state index in [1.807, 2.05) is 0 Å². The minimum atomic E-state index is -0.625. The van der Waals surface area contributed by atoms with Crippen molar-refractivity contribution in [3.8, 4) is 11.6 Å². The van der Waals surface area contributed by atoms with Gasteiger partial charge in [-0.3, -0.25) is 18.9 Å². The Bertz CT molecular complexity index is 755. The lowest BCUT2D eigenvalue weighted by atomic mass is 10.1. The highest BCUT2D eigenvalue weighted by Gasteiger charge is 2.13. The average Bonchev–Trinajstić information content (AvgIpc) is 2.97. The molecule has 3 N–H and O–H groups in total. The van der Waals surface area contributed by atoms with Crippen LogP contribution in [-0.2, 0) is 4.18 Å². The molecule has 0 atom stereocenters. The number of aldehydes is 1. The Morgan fingerprint density at radius 1 is 1.19 bits per heavy atom. The van der Waals surface area contributed by atoms with Crippen LogP contribution in [0.2, 0.25) is 0 Å². The van der Waals surface area contributed by atoms with E-state index in [4.69, 9.17) is 4.18 Å². The highest BCUT2D eigenvalue weighted by molar-refractivity contribution is 7.94. The molecule has 0 saturated heterocycles. The maximum atomic E-state index is 11.5. The van der Waals surface area contributed by atoms with E-state index in [-0.39, 0.29) is 5.56 Å². The number of H-pyrrole nitrogens is 1. The monoisotopic (exact) mass is 393 g/mol. The van der Waals surface area contributed by atoms with Gasteiger partial charge in [0.05, 0.1) is 5.69 Å². The Balaban J connectivity index is 1.69. The molecular weight excluding hydrogens is 366 g/mol. The molecule has 0 aliphatic carbocycles. The lowest BCUT2D eigenvalue weighted by Crippen LogP contribution is -2.06. The van der Waals surface area contributed by atoms with Crippen LogP contribution in [0, 0.1) is 0 Å². The first-order valence-electron chi connectivity index (χ1n) is 9.25. The summed E-state index contributed by atoms with van der Waals surface area (Å²) < 4.78 is 6.68. The van der Waals surface area contributed by atoms with Gasteiger partial charge in [0.15, 0.2) is 6.29 Å². The number of hydrogen-bond acceptors (Lipinski definition) is 6. The minimum Gasteiger partial charge on any atom is -0.493 e. The van der Waals surface area contributed by atoms with Gasteiger partial charge in [0.1, 0.15) is 12.3 Å². The number of aromatic amines is 1. The minimum absolute atomic E-state index is 0.284. The van der Waals surface area contributed by atoms with Gasteiger partial charge < -0.3 is 10.4 Å². The summed E-state index contributed by atoms with van der Waals surface area (Å²) in [6.45, 7) is 2.61. The lowest BCUT2D eigenvalue weighted by Gasteiger charge is -2.09. The van der Waals surface area contributed by atoms with Crippen molar-refractivity contribution in [2.24, 2.45) is 0 Å². The number of carbonyl (C=O) groups excluding carboxylic acids is 1. The molecule has 7 nitrogen and oxygen atoms in total. The van der Waals surface area contributed by atoms with Crippen LogP contribution in [-0.4, -0.2) is 33.7 Å². The number of nitrogens with zero attached hydrogens (tertiary/aromatic N) is 1. The molecule has 1 aromatic heterocycles. The molecule has 0 bridgehead atoms. The highest BCUT2D eigenvalue weighted by Crippen LogP contribution is 2.19. The molecule has 1 aromatic carbocycles. The second-order valence-corrected chi connectivity index (χ2v) is 7.09. The van der Waals surface area contributed by atoms with Crippen molar-refractivity contribution in [3.05, 3.63) is 40.2 Å². The fraction of sp³-hybridized carbons (Fsp3) is 0.474. The Morgan fingerprint density at radius 3 is 2.56 bits per heavy atom. The molecule has 0 aliphatic heterocycles. The van der Waals surface area contributed by atoms with Gasteiger partial charge in [-0.1, -0.05) is 39.0 Å². The maximum Gasteiger partial charge on any atom is 0.279 e.